The van der Waals surface area contributed by atoms with Crippen molar-refractivity contribution in [3.05, 3.63) is 65.7 Å². The fourth-order valence-corrected chi connectivity index (χ4v) is 3.32. The third-order valence-electron chi connectivity index (χ3n) is 4.81. The highest BCUT2D eigenvalue weighted by molar-refractivity contribution is 5.85. The summed E-state index contributed by atoms with van der Waals surface area (Å²) < 4.78 is 5.51. The topological polar surface area (TPSA) is 55.6 Å². The number of halogens is 1. The number of amides is 1. The van der Waals surface area contributed by atoms with E-state index in [1.165, 1.54) is 5.56 Å². The van der Waals surface area contributed by atoms with Crippen LogP contribution in [-0.4, -0.2) is 36.6 Å². The van der Waals surface area contributed by atoms with E-state index in [-0.39, 0.29) is 24.4 Å². The molecule has 1 unspecified atom stereocenters. The molecule has 140 valence electrons. The molecule has 0 bridgehead atoms. The number of hydrogen-bond acceptors (Lipinski definition) is 3. The lowest BCUT2D eigenvalue weighted by Gasteiger charge is -2.28. The van der Waals surface area contributed by atoms with Crippen LogP contribution in [0.5, 0.6) is 0 Å². The minimum Gasteiger partial charge on any atom is -0.399 e. The van der Waals surface area contributed by atoms with Crippen LogP contribution in [0.1, 0.15) is 24.0 Å². The van der Waals surface area contributed by atoms with Crippen LogP contribution in [0.4, 0.5) is 5.69 Å². The predicted octanol–water partition coefficient (Wildman–Crippen LogP) is 3.48. The Morgan fingerprint density at radius 2 is 1.81 bits per heavy atom. The van der Waals surface area contributed by atoms with Crippen molar-refractivity contribution in [2.45, 2.75) is 31.7 Å². The van der Waals surface area contributed by atoms with Crippen molar-refractivity contribution in [1.82, 2.24) is 4.90 Å². The van der Waals surface area contributed by atoms with E-state index >= 15 is 0 Å². The van der Waals surface area contributed by atoms with Crippen molar-refractivity contribution in [3.8, 4) is 0 Å². The molecule has 5 heteroatoms. The molecule has 1 aliphatic heterocycles. The van der Waals surface area contributed by atoms with Crippen LogP contribution in [0.15, 0.2) is 54.6 Å². The molecule has 0 aliphatic carbocycles. The molecule has 1 aliphatic rings. The van der Waals surface area contributed by atoms with Crippen molar-refractivity contribution >= 4 is 24.0 Å². The maximum atomic E-state index is 12.9. The van der Waals surface area contributed by atoms with E-state index in [1.807, 2.05) is 47.4 Å². The zero-order chi connectivity index (χ0) is 17.5. The SMILES string of the molecule is Cl.Nc1ccccc1CCC(=O)N(CCc1ccccc1)C1CCOC1. The molecule has 1 heterocycles. The lowest BCUT2D eigenvalue weighted by Crippen LogP contribution is -2.42. The number of carbonyl (C=O) groups excluding carboxylic acids is 1. The number of anilines is 1. The molecule has 26 heavy (non-hydrogen) atoms. The molecule has 2 N–H and O–H groups in total. The van der Waals surface area contributed by atoms with Crippen LogP contribution in [-0.2, 0) is 22.4 Å². The fraction of sp³-hybridized carbons (Fsp3) is 0.381. The van der Waals surface area contributed by atoms with E-state index in [1.54, 1.807) is 0 Å². The maximum absolute atomic E-state index is 12.9. The maximum Gasteiger partial charge on any atom is 0.223 e. The van der Waals surface area contributed by atoms with E-state index in [0.717, 1.165) is 37.2 Å². The van der Waals surface area contributed by atoms with Gasteiger partial charge in [0.2, 0.25) is 5.91 Å². The average molecular weight is 375 g/mol. The Labute approximate surface area is 161 Å². The molecule has 0 aromatic heterocycles. The molecule has 1 fully saturated rings. The number of rotatable bonds is 7. The number of hydrogen-bond donors (Lipinski definition) is 1. The summed E-state index contributed by atoms with van der Waals surface area (Å²) in [6.45, 7) is 2.13. The van der Waals surface area contributed by atoms with E-state index in [4.69, 9.17) is 10.5 Å². The standard InChI is InChI=1S/C21H26N2O2.ClH/c22-20-9-5-4-8-18(20)10-11-21(24)23(19-13-15-25-16-19)14-12-17-6-2-1-3-7-17;/h1-9,19H,10-16,22H2;1H. The Morgan fingerprint density at radius 1 is 1.08 bits per heavy atom. The summed E-state index contributed by atoms with van der Waals surface area (Å²) in [4.78, 5) is 14.9. The smallest absolute Gasteiger partial charge is 0.223 e. The van der Waals surface area contributed by atoms with Gasteiger partial charge in [-0.2, -0.15) is 0 Å². The normalized spacial score (nSPS) is 16.1. The highest BCUT2D eigenvalue weighted by atomic mass is 35.5. The van der Waals surface area contributed by atoms with Crippen LogP contribution >= 0.6 is 12.4 Å². The van der Waals surface area contributed by atoms with Crippen molar-refractivity contribution in [3.63, 3.8) is 0 Å². The van der Waals surface area contributed by atoms with Gasteiger partial charge in [-0.25, -0.2) is 0 Å². The fourth-order valence-electron chi connectivity index (χ4n) is 3.32. The molecule has 0 radical (unpaired) electrons. The number of para-hydroxylation sites is 1. The minimum atomic E-state index is 0. The van der Waals surface area contributed by atoms with Crippen molar-refractivity contribution in [2.24, 2.45) is 0 Å². The van der Waals surface area contributed by atoms with Gasteiger partial charge in [-0.15, -0.1) is 12.4 Å². The first kappa shape index (κ1) is 20.3. The van der Waals surface area contributed by atoms with Gasteiger partial charge < -0.3 is 15.4 Å². The van der Waals surface area contributed by atoms with Gasteiger partial charge in [0.1, 0.15) is 0 Å². The number of aryl methyl sites for hydroxylation is 1. The van der Waals surface area contributed by atoms with Crippen LogP contribution in [0.25, 0.3) is 0 Å². The van der Waals surface area contributed by atoms with Crippen LogP contribution in [0, 0.1) is 0 Å². The summed E-state index contributed by atoms with van der Waals surface area (Å²) in [6.07, 6.45) is 2.96. The van der Waals surface area contributed by atoms with Gasteiger partial charge >= 0.3 is 0 Å². The predicted molar refractivity (Wildman–Crippen MR) is 108 cm³/mol. The molecule has 2 aromatic rings. The first-order valence-electron chi connectivity index (χ1n) is 8.98. The summed E-state index contributed by atoms with van der Waals surface area (Å²) >= 11 is 0. The molecule has 1 amide bonds. The third kappa shape index (κ3) is 5.48. The van der Waals surface area contributed by atoms with E-state index in [0.29, 0.717) is 19.4 Å². The van der Waals surface area contributed by atoms with Gasteiger partial charge in [0, 0.05) is 25.3 Å². The second kappa shape index (κ2) is 10.2. The lowest BCUT2D eigenvalue weighted by molar-refractivity contribution is -0.133. The molecule has 1 atom stereocenters. The third-order valence-corrected chi connectivity index (χ3v) is 4.81. The highest BCUT2D eigenvalue weighted by Gasteiger charge is 2.26. The number of nitrogens with zero attached hydrogens (tertiary/aromatic N) is 1. The van der Waals surface area contributed by atoms with Crippen molar-refractivity contribution < 1.29 is 9.53 Å². The Morgan fingerprint density at radius 3 is 2.50 bits per heavy atom. The summed E-state index contributed by atoms with van der Waals surface area (Å²) in [6, 6.07) is 18.3. The number of ether oxygens (including phenoxy) is 1. The number of nitrogen functional groups attached to an aromatic ring is 1. The van der Waals surface area contributed by atoms with E-state index < -0.39 is 0 Å². The zero-order valence-corrected chi connectivity index (χ0v) is 15.8. The molecule has 1 saturated heterocycles. The average Bonchev–Trinajstić information content (AvgIpc) is 3.16. The summed E-state index contributed by atoms with van der Waals surface area (Å²) in [7, 11) is 0. The lowest BCUT2D eigenvalue weighted by atomic mass is 10.1. The van der Waals surface area contributed by atoms with Crippen molar-refractivity contribution in [1.29, 1.82) is 0 Å². The second-order valence-corrected chi connectivity index (χ2v) is 6.54. The largest absolute Gasteiger partial charge is 0.399 e. The Balaban J connectivity index is 0.00000243. The van der Waals surface area contributed by atoms with Gasteiger partial charge in [0.05, 0.1) is 12.6 Å². The minimum absolute atomic E-state index is 0. The van der Waals surface area contributed by atoms with Gasteiger partial charge in [0.15, 0.2) is 0 Å². The summed E-state index contributed by atoms with van der Waals surface area (Å²) in [5, 5.41) is 0. The quantitative estimate of drug-likeness (QED) is 0.755. The summed E-state index contributed by atoms with van der Waals surface area (Å²) in [5.41, 5.74) is 9.05. The Hall–Kier alpha value is -2.04. The van der Waals surface area contributed by atoms with Gasteiger partial charge in [-0.05, 0) is 36.5 Å². The van der Waals surface area contributed by atoms with Gasteiger partial charge in [-0.3, -0.25) is 4.79 Å². The number of benzene rings is 2. The monoisotopic (exact) mass is 374 g/mol. The van der Waals surface area contributed by atoms with Gasteiger partial charge in [0.25, 0.3) is 0 Å². The van der Waals surface area contributed by atoms with Crippen LogP contribution in [0.2, 0.25) is 0 Å². The van der Waals surface area contributed by atoms with E-state index in [2.05, 4.69) is 12.1 Å². The first-order valence-corrected chi connectivity index (χ1v) is 8.98. The second-order valence-electron chi connectivity index (χ2n) is 6.54. The molecule has 0 saturated carbocycles. The van der Waals surface area contributed by atoms with E-state index in [9.17, 15) is 4.79 Å². The highest BCUT2D eigenvalue weighted by Crippen LogP contribution is 2.18. The van der Waals surface area contributed by atoms with Crippen LogP contribution in [0.3, 0.4) is 0 Å². The Kier molecular flexibility index (Phi) is 7.95. The number of carbonyl (C=O) groups is 1. The van der Waals surface area contributed by atoms with Crippen LogP contribution < -0.4 is 5.73 Å². The van der Waals surface area contributed by atoms with Crippen molar-refractivity contribution in [2.75, 3.05) is 25.5 Å². The molecule has 4 nitrogen and oxygen atoms in total. The number of nitrogens with two attached hydrogens (primary N) is 1. The zero-order valence-electron chi connectivity index (χ0n) is 15.0. The molecule has 3 rings (SSSR count). The summed E-state index contributed by atoms with van der Waals surface area (Å²) in [5.74, 6) is 0.190. The first-order chi connectivity index (χ1) is 12.2. The Bertz CT molecular complexity index is 687. The molecular weight excluding hydrogens is 348 g/mol. The van der Waals surface area contributed by atoms with Gasteiger partial charge in [-0.1, -0.05) is 48.5 Å². The molecule has 2 aromatic carbocycles. The molecule has 0 spiro atoms. The molecular formula is C21H27ClN2O2.